The molecule has 0 radical (unpaired) electrons. The monoisotopic (exact) mass is 465 g/mol. The number of imidazole rings is 1. The normalized spacial score (nSPS) is 10.5. The smallest absolute Gasteiger partial charge is 0.295 e. The summed E-state index contributed by atoms with van der Waals surface area (Å²) in [6.45, 7) is 6.04. The lowest BCUT2D eigenvalue weighted by Gasteiger charge is -2.14. The Morgan fingerprint density at radius 1 is 1.00 bits per heavy atom. The maximum atomic E-state index is 13.4. The van der Waals surface area contributed by atoms with Gasteiger partial charge in [-0.15, -0.1) is 6.42 Å². The van der Waals surface area contributed by atoms with Crippen molar-refractivity contribution in [1.29, 1.82) is 0 Å². The van der Waals surface area contributed by atoms with Gasteiger partial charge in [-0.1, -0.05) is 42.8 Å². The molecule has 0 N–H and O–H groups in total. The lowest BCUT2D eigenvalue weighted by atomic mass is 9.97. The second kappa shape index (κ2) is 9.29. The Kier molecular flexibility index (Phi) is 5.87. The Balaban J connectivity index is 1.71. The molecule has 0 atom stereocenters. The third kappa shape index (κ3) is 3.92. The van der Waals surface area contributed by atoms with Crippen molar-refractivity contribution in [3.8, 4) is 52.3 Å². The van der Waals surface area contributed by atoms with Crippen LogP contribution in [-0.2, 0) is 7.05 Å². The molecule has 0 aliphatic rings. The first kappa shape index (κ1) is 22.7. The fourth-order valence-corrected chi connectivity index (χ4v) is 4.44. The highest BCUT2D eigenvalue weighted by atomic mass is 16.1. The zero-order valence-electron chi connectivity index (χ0n) is 20.1. The minimum Gasteiger partial charge on any atom is -0.295 e. The molecule has 0 amide bonds. The van der Waals surface area contributed by atoms with Crippen molar-refractivity contribution in [1.82, 2.24) is 14.1 Å². The zero-order valence-corrected chi connectivity index (χ0v) is 20.1. The molecule has 4 nitrogen and oxygen atoms in total. The first-order valence-electron chi connectivity index (χ1n) is 11.5. The van der Waals surface area contributed by atoms with Crippen LogP contribution in [0.1, 0.15) is 16.8 Å². The molecule has 0 unspecified atom stereocenters. The van der Waals surface area contributed by atoms with Gasteiger partial charge in [-0.3, -0.25) is 14.1 Å². The molecule has 5 rings (SSSR count). The molecule has 0 bridgehead atoms. The SMILES string of the molecule is C#CC#Cc1ccc(-n2c(-c3cc(-c4cnc5ccccc5c4)ccc3C)c(C=C)n(C)c2=O)cc1. The number of fused-ring (bicyclic) bond motifs is 1. The summed E-state index contributed by atoms with van der Waals surface area (Å²) >= 11 is 0. The molecule has 0 saturated carbocycles. The molecule has 0 aliphatic heterocycles. The van der Waals surface area contributed by atoms with Gasteiger partial charge in [0.15, 0.2) is 0 Å². The second-order valence-corrected chi connectivity index (χ2v) is 8.50. The number of pyridine rings is 1. The van der Waals surface area contributed by atoms with Crippen molar-refractivity contribution < 1.29 is 0 Å². The predicted molar refractivity (Wildman–Crippen MR) is 148 cm³/mol. The van der Waals surface area contributed by atoms with Crippen LogP contribution in [0, 0.1) is 31.1 Å². The highest BCUT2D eigenvalue weighted by Crippen LogP contribution is 2.33. The lowest BCUT2D eigenvalue weighted by Crippen LogP contribution is -2.21. The van der Waals surface area contributed by atoms with Crippen LogP contribution < -0.4 is 5.69 Å². The molecule has 172 valence electrons. The number of nitrogens with zero attached hydrogens (tertiary/aromatic N) is 3. The van der Waals surface area contributed by atoms with Crippen molar-refractivity contribution in [3.05, 3.63) is 113 Å². The summed E-state index contributed by atoms with van der Waals surface area (Å²) in [5.74, 6) is 7.85. The number of rotatable bonds is 4. The van der Waals surface area contributed by atoms with Crippen LogP contribution in [0.4, 0.5) is 0 Å². The van der Waals surface area contributed by atoms with Gasteiger partial charge >= 0.3 is 5.69 Å². The standard InChI is InChI=1S/C32H23N3O/c1-5-7-10-23-14-17-27(18-15-23)35-31(30(6-2)34(4)32(35)36)28-20-24(16-13-22(28)3)26-19-25-11-8-9-12-29(25)33-21-26/h1,6,8-9,11-21H,2H2,3-4H3. The Labute approximate surface area is 210 Å². The van der Waals surface area contributed by atoms with E-state index in [-0.39, 0.29) is 5.69 Å². The molecule has 2 heterocycles. The van der Waals surface area contributed by atoms with E-state index >= 15 is 0 Å². The van der Waals surface area contributed by atoms with Gasteiger partial charge in [0.05, 0.1) is 22.6 Å². The van der Waals surface area contributed by atoms with Gasteiger partial charge < -0.3 is 0 Å². The molecular formula is C32H23N3O. The van der Waals surface area contributed by atoms with Crippen LogP contribution in [0.25, 0.3) is 45.1 Å². The van der Waals surface area contributed by atoms with Crippen molar-refractivity contribution >= 4 is 17.0 Å². The van der Waals surface area contributed by atoms with E-state index in [0.717, 1.165) is 55.8 Å². The molecule has 36 heavy (non-hydrogen) atoms. The Morgan fingerprint density at radius 2 is 1.78 bits per heavy atom. The van der Waals surface area contributed by atoms with E-state index in [1.165, 1.54) is 0 Å². The van der Waals surface area contributed by atoms with Crippen LogP contribution >= 0.6 is 0 Å². The first-order valence-corrected chi connectivity index (χ1v) is 11.5. The molecular weight excluding hydrogens is 442 g/mol. The average Bonchev–Trinajstić information content (AvgIpc) is 3.17. The molecule has 0 fully saturated rings. The van der Waals surface area contributed by atoms with E-state index in [0.29, 0.717) is 0 Å². The van der Waals surface area contributed by atoms with E-state index in [1.807, 2.05) is 55.6 Å². The fourth-order valence-electron chi connectivity index (χ4n) is 4.44. The van der Waals surface area contributed by atoms with Crippen molar-refractivity contribution in [2.24, 2.45) is 7.05 Å². The van der Waals surface area contributed by atoms with Crippen LogP contribution in [0.5, 0.6) is 0 Å². The number of aromatic nitrogens is 3. The van der Waals surface area contributed by atoms with E-state index in [9.17, 15) is 4.79 Å². The summed E-state index contributed by atoms with van der Waals surface area (Å²) in [5, 5.41) is 1.08. The Hall–Kier alpha value is -5.06. The van der Waals surface area contributed by atoms with Gasteiger partial charge in [0.2, 0.25) is 0 Å². The number of para-hydroxylation sites is 1. The van der Waals surface area contributed by atoms with Crippen molar-refractivity contribution in [2.75, 3.05) is 0 Å². The fraction of sp³-hybridized carbons (Fsp3) is 0.0625. The van der Waals surface area contributed by atoms with E-state index in [4.69, 9.17) is 6.42 Å². The maximum absolute atomic E-state index is 13.4. The molecule has 5 aromatic rings. The van der Waals surface area contributed by atoms with Crippen LogP contribution in [0.2, 0.25) is 0 Å². The zero-order chi connectivity index (χ0) is 25.2. The number of benzene rings is 3. The van der Waals surface area contributed by atoms with Gasteiger partial charge in [0, 0.05) is 35.3 Å². The summed E-state index contributed by atoms with van der Waals surface area (Å²) in [6, 6.07) is 24.0. The first-order chi connectivity index (χ1) is 17.5. The minimum absolute atomic E-state index is 0.153. The Bertz CT molecular complexity index is 1800. The summed E-state index contributed by atoms with van der Waals surface area (Å²) < 4.78 is 3.35. The predicted octanol–water partition coefficient (Wildman–Crippen LogP) is 5.99. The van der Waals surface area contributed by atoms with E-state index < -0.39 is 0 Å². The summed E-state index contributed by atoms with van der Waals surface area (Å²) in [5.41, 5.74) is 7.88. The third-order valence-electron chi connectivity index (χ3n) is 6.32. The minimum atomic E-state index is -0.153. The topological polar surface area (TPSA) is 39.8 Å². The molecule has 0 aliphatic carbocycles. The van der Waals surface area contributed by atoms with Gasteiger partial charge in [0.1, 0.15) is 0 Å². The number of hydrogen-bond acceptors (Lipinski definition) is 2. The largest absolute Gasteiger partial charge is 0.333 e. The van der Waals surface area contributed by atoms with Crippen molar-refractivity contribution in [2.45, 2.75) is 6.92 Å². The highest BCUT2D eigenvalue weighted by molar-refractivity contribution is 5.85. The lowest BCUT2D eigenvalue weighted by molar-refractivity contribution is 0.819. The van der Waals surface area contributed by atoms with Gasteiger partial charge in [-0.05, 0) is 78.4 Å². The quantitative estimate of drug-likeness (QED) is 0.306. The summed E-state index contributed by atoms with van der Waals surface area (Å²) in [4.78, 5) is 18.1. The highest BCUT2D eigenvalue weighted by Gasteiger charge is 2.21. The molecule has 0 saturated heterocycles. The third-order valence-corrected chi connectivity index (χ3v) is 6.32. The van der Waals surface area contributed by atoms with Crippen molar-refractivity contribution in [3.63, 3.8) is 0 Å². The second-order valence-electron chi connectivity index (χ2n) is 8.50. The van der Waals surface area contributed by atoms with Gasteiger partial charge in [0.25, 0.3) is 0 Å². The van der Waals surface area contributed by atoms with E-state index in [2.05, 4.69) is 59.7 Å². The summed E-state index contributed by atoms with van der Waals surface area (Å²) in [7, 11) is 1.76. The van der Waals surface area contributed by atoms with Gasteiger partial charge in [-0.2, -0.15) is 0 Å². The van der Waals surface area contributed by atoms with Gasteiger partial charge in [-0.25, -0.2) is 4.79 Å². The number of hydrogen-bond donors (Lipinski definition) is 0. The Morgan fingerprint density at radius 3 is 2.53 bits per heavy atom. The molecule has 4 heteroatoms. The van der Waals surface area contributed by atoms with E-state index in [1.54, 1.807) is 22.3 Å². The molecule has 2 aromatic heterocycles. The van der Waals surface area contributed by atoms with Crippen LogP contribution in [0.15, 0.2) is 90.4 Å². The van der Waals surface area contributed by atoms with Crippen LogP contribution in [-0.4, -0.2) is 14.1 Å². The molecule has 0 spiro atoms. The average molecular weight is 466 g/mol. The van der Waals surface area contributed by atoms with Crippen LogP contribution in [0.3, 0.4) is 0 Å². The number of aryl methyl sites for hydroxylation is 1. The molecule has 3 aromatic carbocycles. The number of terminal acetylenes is 1. The summed E-state index contributed by atoms with van der Waals surface area (Å²) in [6.07, 6.45) is 8.86. The maximum Gasteiger partial charge on any atom is 0.333 e.